The molecule has 0 aliphatic carbocycles. The Hall–Kier alpha value is -1.58. The molecule has 0 bridgehead atoms. The van der Waals surface area contributed by atoms with Crippen molar-refractivity contribution >= 4 is 11.6 Å². The molecule has 4 heteroatoms. The number of benzene rings is 2. The van der Waals surface area contributed by atoms with E-state index in [0.29, 0.717) is 10.8 Å². The number of hydrogen-bond acceptors (Lipinski definition) is 2. The highest BCUT2D eigenvalue weighted by Crippen LogP contribution is 2.33. The lowest BCUT2D eigenvalue weighted by Crippen LogP contribution is -2.23. The van der Waals surface area contributed by atoms with E-state index in [1.54, 1.807) is 13.2 Å². The van der Waals surface area contributed by atoms with Gasteiger partial charge in [-0.2, -0.15) is 0 Å². The molecule has 0 aliphatic heterocycles. The highest BCUT2D eigenvalue weighted by molar-refractivity contribution is 6.31. The Morgan fingerprint density at radius 2 is 1.95 bits per heavy atom. The zero-order chi connectivity index (χ0) is 14.5. The van der Waals surface area contributed by atoms with E-state index in [1.165, 1.54) is 12.1 Å². The van der Waals surface area contributed by atoms with Gasteiger partial charge in [-0.1, -0.05) is 36.7 Å². The summed E-state index contributed by atoms with van der Waals surface area (Å²) in [6.45, 7) is 2.73. The highest BCUT2D eigenvalue weighted by Gasteiger charge is 2.20. The molecule has 0 heterocycles. The molecule has 0 aromatic heterocycles. The first kappa shape index (κ1) is 14.8. The summed E-state index contributed by atoms with van der Waals surface area (Å²) in [7, 11) is 1.58. The monoisotopic (exact) mass is 293 g/mol. The van der Waals surface area contributed by atoms with E-state index in [-0.39, 0.29) is 11.9 Å². The molecule has 1 atom stereocenters. The Morgan fingerprint density at radius 3 is 2.60 bits per heavy atom. The lowest BCUT2D eigenvalue weighted by atomic mass is 9.97. The summed E-state index contributed by atoms with van der Waals surface area (Å²) in [6, 6.07) is 11.8. The van der Waals surface area contributed by atoms with Gasteiger partial charge in [-0.15, -0.1) is 0 Å². The summed E-state index contributed by atoms with van der Waals surface area (Å²) in [4.78, 5) is 0. The minimum atomic E-state index is -0.296. The molecule has 20 heavy (non-hydrogen) atoms. The lowest BCUT2D eigenvalue weighted by molar-refractivity contribution is 0.402. The quantitative estimate of drug-likeness (QED) is 0.892. The fraction of sp³-hybridized carbons (Fsp3) is 0.250. The van der Waals surface area contributed by atoms with Crippen LogP contribution in [0.2, 0.25) is 5.02 Å². The molecular weight excluding hydrogens is 277 g/mol. The summed E-state index contributed by atoms with van der Waals surface area (Å²) in [6.07, 6.45) is 0. The predicted octanol–water partition coefficient (Wildman–Crippen LogP) is 4.19. The van der Waals surface area contributed by atoms with Crippen molar-refractivity contribution in [3.8, 4) is 5.75 Å². The number of nitrogens with one attached hydrogen (secondary N) is 1. The molecule has 0 amide bonds. The second kappa shape index (κ2) is 6.73. The maximum absolute atomic E-state index is 13.6. The highest BCUT2D eigenvalue weighted by atomic mass is 35.5. The smallest absolute Gasteiger partial charge is 0.124 e. The van der Waals surface area contributed by atoms with Crippen molar-refractivity contribution in [3.05, 3.63) is 64.4 Å². The minimum absolute atomic E-state index is 0.209. The van der Waals surface area contributed by atoms with Crippen LogP contribution >= 0.6 is 11.6 Å². The van der Waals surface area contributed by atoms with Crippen molar-refractivity contribution in [2.24, 2.45) is 0 Å². The molecule has 0 radical (unpaired) electrons. The summed E-state index contributed by atoms with van der Waals surface area (Å²) in [5.74, 6) is 0.341. The second-order valence-electron chi connectivity index (χ2n) is 4.40. The van der Waals surface area contributed by atoms with Crippen LogP contribution in [-0.4, -0.2) is 13.7 Å². The average Bonchev–Trinajstić information content (AvgIpc) is 2.46. The fourth-order valence-corrected chi connectivity index (χ4v) is 2.48. The van der Waals surface area contributed by atoms with Gasteiger partial charge in [0.1, 0.15) is 11.6 Å². The average molecular weight is 294 g/mol. The molecule has 1 unspecified atom stereocenters. The summed E-state index contributed by atoms with van der Waals surface area (Å²) < 4.78 is 18.9. The summed E-state index contributed by atoms with van der Waals surface area (Å²) >= 11 is 6.27. The molecule has 2 rings (SSSR count). The SMILES string of the molecule is CCNC(c1ccccc1Cl)c1cc(F)ccc1OC. The van der Waals surface area contributed by atoms with Gasteiger partial charge < -0.3 is 10.1 Å². The molecule has 0 spiro atoms. The number of halogens is 2. The third-order valence-electron chi connectivity index (χ3n) is 3.13. The molecule has 106 valence electrons. The minimum Gasteiger partial charge on any atom is -0.496 e. The van der Waals surface area contributed by atoms with E-state index in [2.05, 4.69) is 5.32 Å². The molecule has 2 nitrogen and oxygen atoms in total. The van der Waals surface area contributed by atoms with Crippen molar-refractivity contribution < 1.29 is 9.13 Å². The molecule has 0 aliphatic rings. The van der Waals surface area contributed by atoms with Crippen LogP contribution in [-0.2, 0) is 0 Å². The van der Waals surface area contributed by atoms with Gasteiger partial charge in [0.2, 0.25) is 0 Å². The first-order chi connectivity index (χ1) is 9.67. The maximum Gasteiger partial charge on any atom is 0.124 e. The normalized spacial score (nSPS) is 12.2. The van der Waals surface area contributed by atoms with Gasteiger partial charge in [-0.05, 0) is 36.4 Å². The Bertz CT molecular complexity index is 588. The first-order valence-corrected chi connectivity index (χ1v) is 6.86. The van der Waals surface area contributed by atoms with Crippen LogP contribution in [0, 0.1) is 5.82 Å². The van der Waals surface area contributed by atoms with Crippen LogP contribution in [0.15, 0.2) is 42.5 Å². The third kappa shape index (κ3) is 3.11. The van der Waals surface area contributed by atoms with Gasteiger partial charge >= 0.3 is 0 Å². The second-order valence-corrected chi connectivity index (χ2v) is 4.81. The van der Waals surface area contributed by atoms with Crippen molar-refractivity contribution in [1.82, 2.24) is 5.32 Å². The molecule has 2 aromatic rings. The van der Waals surface area contributed by atoms with Crippen LogP contribution in [0.3, 0.4) is 0 Å². The lowest BCUT2D eigenvalue weighted by Gasteiger charge is -2.22. The van der Waals surface area contributed by atoms with Crippen LogP contribution in [0.4, 0.5) is 4.39 Å². The topological polar surface area (TPSA) is 21.3 Å². The fourth-order valence-electron chi connectivity index (χ4n) is 2.23. The predicted molar refractivity (Wildman–Crippen MR) is 79.9 cm³/mol. The molecule has 1 N–H and O–H groups in total. The van der Waals surface area contributed by atoms with Crippen molar-refractivity contribution in [2.75, 3.05) is 13.7 Å². The van der Waals surface area contributed by atoms with E-state index in [4.69, 9.17) is 16.3 Å². The first-order valence-electron chi connectivity index (χ1n) is 6.48. The van der Waals surface area contributed by atoms with Gasteiger partial charge in [-0.25, -0.2) is 4.39 Å². The van der Waals surface area contributed by atoms with Crippen LogP contribution in [0.25, 0.3) is 0 Å². The van der Waals surface area contributed by atoms with Gasteiger partial charge in [0.25, 0.3) is 0 Å². The van der Waals surface area contributed by atoms with Gasteiger partial charge in [0, 0.05) is 10.6 Å². The van der Waals surface area contributed by atoms with Gasteiger partial charge in [0.05, 0.1) is 13.2 Å². The Kier molecular flexibility index (Phi) is 4.99. The molecule has 0 saturated heterocycles. The number of rotatable bonds is 5. The largest absolute Gasteiger partial charge is 0.496 e. The van der Waals surface area contributed by atoms with Crippen LogP contribution in [0.1, 0.15) is 24.1 Å². The standard InChI is InChI=1S/C16H17ClFNO/c1-3-19-16(12-6-4-5-7-14(12)17)13-10-11(18)8-9-15(13)20-2/h4-10,16,19H,3H2,1-2H3. The van der Waals surface area contributed by atoms with Crippen molar-refractivity contribution in [3.63, 3.8) is 0 Å². The molecule has 2 aromatic carbocycles. The number of ether oxygens (including phenoxy) is 1. The summed E-state index contributed by atoms with van der Waals surface area (Å²) in [5.41, 5.74) is 1.64. The maximum atomic E-state index is 13.6. The van der Waals surface area contributed by atoms with Gasteiger partial charge in [-0.3, -0.25) is 0 Å². The van der Waals surface area contributed by atoms with E-state index in [9.17, 15) is 4.39 Å². The van der Waals surface area contributed by atoms with Crippen molar-refractivity contribution in [1.29, 1.82) is 0 Å². The molecular formula is C16H17ClFNO. The van der Waals surface area contributed by atoms with E-state index < -0.39 is 0 Å². The number of methoxy groups -OCH3 is 1. The zero-order valence-electron chi connectivity index (χ0n) is 11.5. The summed E-state index contributed by atoms with van der Waals surface area (Å²) in [5, 5.41) is 3.97. The van der Waals surface area contributed by atoms with Crippen molar-refractivity contribution in [2.45, 2.75) is 13.0 Å². The Labute approximate surface area is 123 Å². The molecule has 0 fully saturated rings. The van der Waals surface area contributed by atoms with Gasteiger partial charge in [0.15, 0.2) is 0 Å². The van der Waals surface area contributed by atoms with Crippen LogP contribution in [0.5, 0.6) is 5.75 Å². The van der Waals surface area contributed by atoms with E-state index in [0.717, 1.165) is 17.7 Å². The third-order valence-corrected chi connectivity index (χ3v) is 3.47. The van der Waals surface area contributed by atoms with E-state index in [1.807, 2.05) is 31.2 Å². The number of hydrogen-bond donors (Lipinski definition) is 1. The Balaban J connectivity index is 2.54. The van der Waals surface area contributed by atoms with E-state index >= 15 is 0 Å². The van der Waals surface area contributed by atoms with Crippen LogP contribution < -0.4 is 10.1 Å². The Morgan fingerprint density at radius 1 is 1.20 bits per heavy atom. The molecule has 0 saturated carbocycles. The zero-order valence-corrected chi connectivity index (χ0v) is 12.2.